The van der Waals surface area contributed by atoms with Crippen molar-refractivity contribution in [1.82, 2.24) is 14.9 Å². The van der Waals surface area contributed by atoms with Crippen molar-refractivity contribution >= 4 is 44.2 Å². The summed E-state index contributed by atoms with van der Waals surface area (Å²) in [7, 11) is 0. The number of anilines is 1. The van der Waals surface area contributed by atoms with Gasteiger partial charge in [0.05, 0.1) is 11.1 Å². The summed E-state index contributed by atoms with van der Waals surface area (Å²) in [5, 5.41) is 9.44. The molecule has 2 atom stereocenters. The number of carbonyl (C=O) groups excluding carboxylic acids is 1. The van der Waals surface area contributed by atoms with Gasteiger partial charge in [-0.3, -0.25) is 9.59 Å². The van der Waals surface area contributed by atoms with Gasteiger partial charge in [0.2, 0.25) is 5.43 Å². The Morgan fingerprint density at radius 1 is 1.02 bits per heavy atom. The maximum Gasteiger partial charge on any atom is 0.256 e. The number of aromatic amines is 1. The van der Waals surface area contributed by atoms with Crippen LogP contribution in [0, 0.1) is 17.7 Å². The number of aromatic nitrogens is 2. The molecule has 2 aromatic heterocycles. The van der Waals surface area contributed by atoms with Gasteiger partial charge in [-0.05, 0) is 71.7 Å². The fourth-order valence-corrected chi connectivity index (χ4v) is 7.60. The Balaban J connectivity index is 1.17. The number of hydrogen-bond acceptors (Lipinski definition) is 4. The second kappa shape index (κ2) is 11.9. The fraction of sp³-hybridized carbons (Fsp3) is 0.282. The summed E-state index contributed by atoms with van der Waals surface area (Å²) >= 11 is 0. The lowest BCUT2D eigenvalue weighted by Crippen LogP contribution is -2.32. The SMILES string of the molecule is CC1CCCC(CCNC(=O)c2cn3c4c(c(NCCc5c[nH]c6ccccc56)c(F)cc4c2=O)Oc2cc4ccccc4cc2-3)C1. The molecule has 1 saturated carbocycles. The highest BCUT2D eigenvalue weighted by Gasteiger charge is 2.29. The van der Waals surface area contributed by atoms with Crippen LogP contribution in [-0.2, 0) is 6.42 Å². The van der Waals surface area contributed by atoms with Gasteiger partial charge in [-0.1, -0.05) is 68.7 Å². The zero-order valence-corrected chi connectivity index (χ0v) is 26.4. The average molecular weight is 629 g/mol. The van der Waals surface area contributed by atoms with E-state index in [-0.39, 0.29) is 22.4 Å². The van der Waals surface area contributed by atoms with Crippen LogP contribution in [-0.4, -0.2) is 28.5 Å². The molecule has 0 radical (unpaired) electrons. The molecule has 8 heteroatoms. The topological polar surface area (TPSA) is 88.2 Å². The van der Waals surface area contributed by atoms with Gasteiger partial charge in [0, 0.05) is 36.4 Å². The maximum absolute atomic E-state index is 16.0. The van der Waals surface area contributed by atoms with Crippen LogP contribution >= 0.6 is 0 Å². The zero-order chi connectivity index (χ0) is 32.1. The summed E-state index contributed by atoms with van der Waals surface area (Å²) in [6.45, 7) is 3.22. The Morgan fingerprint density at radius 3 is 2.68 bits per heavy atom. The predicted molar refractivity (Wildman–Crippen MR) is 186 cm³/mol. The predicted octanol–water partition coefficient (Wildman–Crippen LogP) is 8.47. The lowest BCUT2D eigenvalue weighted by molar-refractivity contribution is 0.0948. The van der Waals surface area contributed by atoms with Crippen LogP contribution in [0.3, 0.4) is 0 Å². The first-order chi connectivity index (χ1) is 22.9. The third-order valence-electron chi connectivity index (χ3n) is 9.99. The number of pyridine rings is 1. The maximum atomic E-state index is 16.0. The minimum absolute atomic E-state index is 0.0130. The second-order valence-electron chi connectivity index (χ2n) is 13.2. The molecule has 238 valence electrons. The van der Waals surface area contributed by atoms with Crippen molar-refractivity contribution in [3.05, 3.63) is 106 Å². The minimum atomic E-state index is -0.608. The molecule has 1 fully saturated rings. The van der Waals surface area contributed by atoms with E-state index in [1.807, 2.05) is 65.4 Å². The molecule has 47 heavy (non-hydrogen) atoms. The number of fused-ring (bicyclic) bond motifs is 4. The number of nitrogens with zero attached hydrogens (tertiary/aromatic N) is 1. The normalized spacial score (nSPS) is 17.1. The Hall–Kier alpha value is -5.11. The van der Waals surface area contributed by atoms with E-state index in [0.29, 0.717) is 48.3 Å². The van der Waals surface area contributed by atoms with Crippen LogP contribution in [0.2, 0.25) is 0 Å². The summed E-state index contributed by atoms with van der Waals surface area (Å²) in [6.07, 6.45) is 9.93. The first-order valence-electron chi connectivity index (χ1n) is 16.6. The monoisotopic (exact) mass is 628 g/mol. The van der Waals surface area contributed by atoms with Crippen molar-refractivity contribution in [3.8, 4) is 17.2 Å². The van der Waals surface area contributed by atoms with Crippen LogP contribution in [0.25, 0.3) is 38.3 Å². The van der Waals surface area contributed by atoms with Crippen LogP contribution < -0.4 is 20.8 Å². The van der Waals surface area contributed by atoms with E-state index in [1.165, 1.54) is 31.7 Å². The number of hydrogen-bond donors (Lipinski definition) is 3. The number of halogens is 1. The highest BCUT2D eigenvalue weighted by molar-refractivity contribution is 6.02. The van der Waals surface area contributed by atoms with Crippen molar-refractivity contribution < 1.29 is 13.9 Å². The van der Waals surface area contributed by atoms with E-state index in [0.717, 1.165) is 33.7 Å². The molecule has 0 spiro atoms. The second-order valence-corrected chi connectivity index (χ2v) is 13.2. The summed E-state index contributed by atoms with van der Waals surface area (Å²) in [5.41, 5.74) is 2.94. The molecule has 1 amide bonds. The standard InChI is InChI=1S/C39H37FN4O3/c1-23-7-6-8-24(17-23)13-15-42-39(46)30-22-44-33-18-25-9-2-3-10-26(25)19-34(33)47-38-35(31(40)20-29(36(38)44)37(30)45)41-16-14-27-21-43-32-12-5-4-11-28(27)32/h2-5,9-12,18-24,41,43H,6-8,13-17H2,1H3,(H,42,46). The van der Waals surface area contributed by atoms with Crippen LogP contribution in [0.1, 0.15) is 54.9 Å². The van der Waals surface area contributed by atoms with Crippen molar-refractivity contribution in [1.29, 1.82) is 0 Å². The Kier molecular flexibility index (Phi) is 7.43. The summed E-state index contributed by atoms with van der Waals surface area (Å²) in [6, 6.07) is 21.1. The van der Waals surface area contributed by atoms with E-state index in [1.54, 1.807) is 6.20 Å². The molecule has 7 nitrogen and oxygen atoms in total. The highest BCUT2D eigenvalue weighted by Crippen LogP contribution is 2.46. The number of benzene rings is 4. The number of ether oxygens (including phenoxy) is 1. The molecule has 0 bridgehead atoms. The summed E-state index contributed by atoms with van der Waals surface area (Å²) < 4.78 is 24.3. The van der Waals surface area contributed by atoms with Gasteiger partial charge in [0.1, 0.15) is 16.8 Å². The summed E-state index contributed by atoms with van der Waals surface area (Å²) in [4.78, 5) is 30.7. The quantitative estimate of drug-likeness (QED) is 0.158. The molecular weight excluding hydrogens is 591 g/mol. The number of amides is 1. The number of carbonyl (C=O) groups is 1. The Bertz CT molecular complexity index is 2240. The van der Waals surface area contributed by atoms with Crippen molar-refractivity contribution in [3.63, 3.8) is 0 Å². The van der Waals surface area contributed by atoms with Crippen molar-refractivity contribution in [2.75, 3.05) is 18.4 Å². The van der Waals surface area contributed by atoms with Gasteiger partial charge in [0.15, 0.2) is 17.3 Å². The zero-order valence-electron chi connectivity index (χ0n) is 26.4. The largest absolute Gasteiger partial charge is 0.451 e. The van der Waals surface area contributed by atoms with Crippen molar-refractivity contribution in [2.24, 2.45) is 11.8 Å². The van der Waals surface area contributed by atoms with Gasteiger partial charge in [-0.25, -0.2) is 4.39 Å². The molecule has 3 heterocycles. The Morgan fingerprint density at radius 2 is 1.83 bits per heavy atom. The van der Waals surface area contributed by atoms with Crippen LogP contribution in [0.15, 0.2) is 83.9 Å². The van der Waals surface area contributed by atoms with Gasteiger partial charge in [-0.15, -0.1) is 0 Å². The number of rotatable bonds is 8. The van der Waals surface area contributed by atoms with Crippen LogP contribution in [0.5, 0.6) is 11.5 Å². The van der Waals surface area contributed by atoms with E-state index >= 15 is 4.39 Å². The number of para-hydroxylation sites is 1. The van der Waals surface area contributed by atoms with Gasteiger partial charge < -0.3 is 24.9 Å². The molecule has 8 rings (SSSR count). The minimum Gasteiger partial charge on any atom is -0.451 e. The lowest BCUT2D eigenvalue weighted by atomic mass is 9.81. The van der Waals surface area contributed by atoms with E-state index < -0.39 is 17.2 Å². The Labute approximate surface area is 271 Å². The van der Waals surface area contributed by atoms with Crippen LogP contribution in [0.4, 0.5) is 10.1 Å². The van der Waals surface area contributed by atoms with Gasteiger partial charge in [0.25, 0.3) is 5.91 Å². The fourth-order valence-electron chi connectivity index (χ4n) is 7.60. The van der Waals surface area contributed by atoms with E-state index in [2.05, 4.69) is 28.6 Å². The first kappa shape index (κ1) is 29.3. The molecule has 3 N–H and O–H groups in total. The molecular formula is C39H37FN4O3. The molecule has 4 aromatic carbocycles. The molecule has 1 aliphatic heterocycles. The van der Waals surface area contributed by atoms with Crippen molar-refractivity contribution in [2.45, 2.75) is 45.4 Å². The average Bonchev–Trinajstić information content (AvgIpc) is 3.49. The number of H-pyrrole nitrogens is 1. The lowest BCUT2D eigenvalue weighted by Gasteiger charge is -2.27. The highest BCUT2D eigenvalue weighted by atomic mass is 19.1. The first-order valence-corrected chi connectivity index (χ1v) is 16.6. The van der Waals surface area contributed by atoms with E-state index in [9.17, 15) is 9.59 Å². The molecule has 2 aliphatic rings. The molecule has 2 unspecified atom stereocenters. The van der Waals surface area contributed by atoms with Gasteiger partial charge in [-0.2, -0.15) is 0 Å². The smallest absolute Gasteiger partial charge is 0.256 e. The number of nitrogens with one attached hydrogen (secondary N) is 3. The summed E-state index contributed by atoms with van der Waals surface area (Å²) in [5.74, 6) is 0.984. The molecule has 1 aliphatic carbocycles. The third kappa shape index (κ3) is 5.31. The third-order valence-corrected chi connectivity index (χ3v) is 9.99. The van der Waals surface area contributed by atoms with Gasteiger partial charge >= 0.3 is 0 Å². The molecule has 6 aromatic rings. The van der Waals surface area contributed by atoms with E-state index in [4.69, 9.17) is 4.74 Å². The molecule has 0 saturated heterocycles.